The summed E-state index contributed by atoms with van der Waals surface area (Å²) in [5.41, 5.74) is 1.95. The van der Waals surface area contributed by atoms with E-state index in [4.69, 9.17) is 4.74 Å². The van der Waals surface area contributed by atoms with Crippen molar-refractivity contribution in [3.8, 4) is 5.75 Å². The average molecular weight is 432 g/mol. The molecule has 160 valence electrons. The molecule has 4 rings (SSSR count). The van der Waals surface area contributed by atoms with Gasteiger partial charge in [0.1, 0.15) is 11.9 Å². The van der Waals surface area contributed by atoms with Gasteiger partial charge < -0.3 is 19.6 Å². The van der Waals surface area contributed by atoms with Crippen LogP contribution in [0.25, 0.3) is 0 Å². The molecule has 0 spiro atoms. The van der Waals surface area contributed by atoms with Crippen LogP contribution < -0.4 is 18.8 Å². The Labute approximate surface area is 176 Å². The number of ether oxygens (including phenoxy) is 1. The van der Waals surface area contributed by atoms with Gasteiger partial charge in [-0.15, -0.1) is 0 Å². The second-order valence-electron chi connectivity index (χ2n) is 7.67. The Hall–Kier alpha value is -2.78. The number of carbonyl (C=O) groups excluding carboxylic acids is 1. The molecule has 0 saturated carbocycles. The predicted octanol–water partition coefficient (Wildman–Crippen LogP) is 1.83. The quantitative estimate of drug-likeness (QED) is 0.794. The molecule has 8 nitrogen and oxygen atoms in total. The van der Waals surface area contributed by atoms with E-state index in [0.29, 0.717) is 36.6 Å². The first kappa shape index (κ1) is 20.5. The molecule has 0 bridgehead atoms. The third-order valence-corrected chi connectivity index (χ3v) is 7.59. The number of benzene rings is 2. The molecule has 1 N–H and O–H groups in total. The van der Waals surface area contributed by atoms with E-state index in [0.717, 1.165) is 5.69 Å². The van der Waals surface area contributed by atoms with Gasteiger partial charge in [0.15, 0.2) is 0 Å². The second-order valence-corrected chi connectivity index (χ2v) is 9.49. The molecule has 2 aliphatic heterocycles. The Kier molecular flexibility index (Phi) is 5.11. The van der Waals surface area contributed by atoms with Crippen LogP contribution in [0, 0.1) is 0 Å². The maximum Gasteiger partial charge on any atom is 0.264 e. The van der Waals surface area contributed by atoms with Crippen molar-refractivity contribution in [1.82, 2.24) is 0 Å². The Morgan fingerprint density at radius 2 is 1.80 bits per heavy atom. The maximum absolute atomic E-state index is 13.5. The smallest absolute Gasteiger partial charge is 0.264 e. The first-order chi connectivity index (χ1) is 14.2. The molecule has 9 heteroatoms. The van der Waals surface area contributed by atoms with E-state index in [9.17, 15) is 18.3 Å². The molecular weight excluding hydrogens is 406 g/mol. The van der Waals surface area contributed by atoms with E-state index in [1.807, 2.05) is 24.9 Å². The van der Waals surface area contributed by atoms with Crippen molar-refractivity contribution in [3.63, 3.8) is 0 Å². The van der Waals surface area contributed by atoms with E-state index in [1.165, 1.54) is 21.3 Å². The summed E-state index contributed by atoms with van der Waals surface area (Å²) in [6, 6.07) is 11.3. The van der Waals surface area contributed by atoms with Gasteiger partial charge in [-0.1, -0.05) is 0 Å². The fourth-order valence-electron chi connectivity index (χ4n) is 4.13. The Morgan fingerprint density at radius 3 is 2.40 bits per heavy atom. The van der Waals surface area contributed by atoms with Crippen molar-refractivity contribution in [2.24, 2.45) is 0 Å². The monoisotopic (exact) mass is 431 g/mol. The summed E-state index contributed by atoms with van der Waals surface area (Å²) in [7, 11) is -0.317. The molecular formula is C21H25N3O5S. The van der Waals surface area contributed by atoms with Gasteiger partial charge in [0.25, 0.3) is 15.9 Å². The molecule has 2 heterocycles. The van der Waals surface area contributed by atoms with Crippen LogP contribution in [-0.4, -0.2) is 58.8 Å². The SMILES string of the molecule is COc1ccc2c(c1)N(C)CC(C)N2S(=O)(=O)c1ccc(N2CC[C@@H](O)C2=O)cc1. The van der Waals surface area contributed by atoms with Crippen molar-refractivity contribution < 1.29 is 23.1 Å². The number of aliphatic hydroxyl groups is 1. The molecule has 2 aliphatic rings. The highest BCUT2D eigenvalue weighted by molar-refractivity contribution is 7.92. The number of anilines is 3. The lowest BCUT2D eigenvalue weighted by molar-refractivity contribution is -0.123. The largest absolute Gasteiger partial charge is 0.497 e. The molecule has 2 aromatic carbocycles. The topological polar surface area (TPSA) is 90.4 Å². The number of amides is 1. The van der Waals surface area contributed by atoms with Crippen LogP contribution in [0.2, 0.25) is 0 Å². The normalized spacial score (nSPS) is 21.7. The van der Waals surface area contributed by atoms with Gasteiger partial charge >= 0.3 is 0 Å². The number of aliphatic hydroxyl groups excluding tert-OH is 1. The lowest BCUT2D eigenvalue weighted by Crippen LogP contribution is -2.49. The highest BCUT2D eigenvalue weighted by Gasteiger charge is 2.36. The van der Waals surface area contributed by atoms with Crippen molar-refractivity contribution in [2.45, 2.75) is 30.4 Å². The van der Waals surface area contributed by atoms with Crippen LogP contribution in [0.4, 0.5) is 17.1 Å². The summed E-state index contributed by atoms with van der Waals surface area (Å²) in [6.45, 7) is 2.83. The molecule has 0 radical (unpaired) electrons. The summed E-state index contributed by atoms with van der Waals surface area (Å²) in [6.07, 6.45) is -0.620. The van der Waals surface area contributed by atoms with Gasteiger partial charge in [-0.05, 0) is 43.3 Å². The minimum atomic E-state index is -3.82. The first-order valence-corrected chi connectivity index (χ1v) is 11.2. The Balaban J connectivity index is 1.70. The summed E-state index contributed by atoms with van der Waals surface area (Å²) < 4.78 is 33.8. The van der Waals surface area contributed by atoms with Crippen molar-refractivity contribution >= 4 is 33.0 Å². The van der Waals surface area contributed by atoms with Crippen LogP contribution in [0.15, 0.2) is 47.4 Å². The standard InChI is InChI=1S/C21H25N3O5S/c1-14-13-22(2)19-12-16(29-3)6-9-18(19)24(14)30(27,28)17-7-4-15(5-8-17)23-11-10-20(25)21(23)26/h4-9,12,14,20,25H,10-11,13H2,1-3H3/t14?,20-/m1/s1. The number of rotatable bonds is 4. The van der Waals surface area contributed by atoms with Gasteiger partial charge in [0.2, 0.25) is 0 Å². The van der Waals surface area contributed by atoms with Crippen LogP contribution in [0.5, 0.6) is 5.75 Å². The van der Waals surface area contributed by atoms with Crippen LogP contribution in [0.1, 0.15) is 13.3 Å². The van der Waals surface area contributed by atoms with Crippen molar-refractivity contribution in [1.29, 1.82) is 0 Å². The van der Waals surface area contributed by atoms with Crippen LogP contribution in [0.3, 0.4) is 0 Å². The summed E-state index contributed by atoms with van der Waals surface area (Å²) >= 11 is 0. The zero-order valence-electron chi connectivity index (χ0n) is 17.1. The fourth-order valence-corrected chi connectivity index (χ4v) is 5.79. The summed E-state index contributed by atoms with van der Waals surface area (Å²) in [5, 5.41) is 9.66. The molecule has 30 heavy (non-hydrogen) atoms. The third-order valence-electron chi connectivity index (χ3n) is 5.65. The number of methoxy groups -OCH3 is 1. The minimum Gasteiger partial charge on any atom is -0.497 e. The fraction of sp³-hybridized carbons (Fsp3) is 0.381. The number of hydrogen-bond acceptors (Lipinski definition) is 6. The van der Waals surface area contributed by atoms with Crippen LogP contribution in [-0.2, 0) is 14.8 Å². The van der Waals surface area contributed by atoms with Gasteiger partial charge in [0.05, 0.1) is 29.4 Å². The minimum absolute atomic E-state index is 0.150. The molecule has 1 unspecified atom stereocenters. The molecule has 0 aliphatic carbocycles. The second kappa shape index (κ2) is 7.48. The van der Waals surface area contributed by atoms with E-state index in [1.54, 1.807) is 31.4 Å². The lowest BCUT2D eigenvalue weighted by Gasteiger charge is -2.41. The zero-order valence-corrected chi connectivity index (χ0v) is 18.0. The number of fused-ring (bicyclic) bond motifs is 1. The summed E-state index contributed by atoms with van der Waals surface area (Å²) in [4.78, 5) is 15.7. The van der Waals surface area contributed by atoms with Gasteiger partial charge in [-0.3, -0.25) is 9.10 Å². The first-order valence-electron chi connectivity index (χ1n) is 9.77. The predicted molar refractivity (Wildman–Crippen MR) is 115 cm³/mol. The van der Waals surface area contributed by atoms with Crippen molar-refractivity contribution in [3.05, 3.63) is 42.5 Å². The summed E-state index contributed by atoms with van der Waals surface area (Å²) in [5.74, 6) is 0.301. The Bertz CT molecular complexity index is 1070. The van der Waals surface area contributed by atoms with E-state index in [2.05, 4.69) is 0 Å². The molecule has 1 fully saturated rings. The average Bonchev–Trinajstić information content (AvgIpc) is 3.06. The molecule has 1 saturated heterocycles. The lowest BCUT2D eigenvalue weighted by atomic mass is 10.1. The van der Waals surface area contributed by atoms with E-state index < -0.39 is 16.1 Å². The number of sulfonamides is 1. The number of hydrogen-bond donors (Lipinski definition) is 1. The molecule has 2 aromatic rings. The van der Waals surface area contributed by atoms with E-state index >= 15 is 0 Å². The zero-order chi connectivity index (χ0) is 21.6. The Morgan fingerprint density at radius 1 is 1.10 bits per heavy atom. The van der Waals surface area contributed by atoms with Gasteiger partial charge in [0, 0.05) is 38.3 Å². The molecule has 1 amide bonds. The van der Waals surface area contributed by atoms with Gasteiger partial charge in [-0.25, -0.2) is 8.42 Å². The van der Waals surface area contributed by atoms with Crippen LogP contribution >= 0.6 is 0 Å². The highest BCUT2D eigenvalue weighted by Crippen LogP contribution is 2.40. The van der Waals surface area contributed by atoms with Crippen molar-refractivity contribution in [2.75, 3.05) is 41.4 Å². The van der Waals surface area contributed by atoms with Gasteiger partial charge in [-0.2, -0.15) is 0 Å². The number of nitrogens with zero attached hydrogens (tertiary/aromatic N) is 3. The number of carbonyl (C=O) groups is 1. The highest BCUT2D eigenvalue weighted by atomic mass is 32.2. The maximum atomic E-state index is 13.5. The molecule has 0 aromatic heterocycles. The van der Waals surface area contributed by atoms with E-state index in [-0.39, 0.29) is 16.8 Å². The number of likely N-dealkylation sites (N-methyl/N-ethyl adjacent to an activating group) is 1. The molecule has 2 atom stereocenters. The third kappa shape index (κ3) is 3.27.